The number of amides is 1. The molecule has 0 saturated heterocycles. The van der Waals surface area contributed by atoms with Crippen LogP contribution in [0.1, 0.15) is 0 Å². The zero-order valence-electron chi connectivity index (χ0n) is 18.9. The summed E-state index contributed by atoms with van der Waals surface area (Å²) in [6, 6.07) is 23.1. The number of rotatable bonds is 8. The Morgan fingerprint density at radius 3 is 2.40 bits per heavy atom. The number of sulfonamides is 1. The van der Waals surface area contributed by atoms with Crippen LogP contribution in [0.15, 0.2) is 88.9 Å². The van der Waals surface area contributed by atoms with E-state index in [9.17, 15) is 13.2 Å². The highest BCUT2D eigenvalue weighted by Crippen LogP contribution is 2.29. The van der Waals surface area contributed by atoms with Gasteiger partial charge in [0.15, 0.2) is 11.0 Å². The maximum absolute atomic E-state index is 12.7. The van der Waals surface area contributed by atoms with Crippen molar-refractivity contribution in [3.63, 3.8) is 0 Å². The fourth-order valence-electron chi connectivity index (χ4n) is 3.23. The van der Waals surface area contributed by atoms with E-state index in [1.807, 2.05) is 47.0 Å². The van der Waals surface area contributed by atoms with Crippen molar-refractivity contribution in [2.45, 2.75) is 10.1 Å². The molecule has 3 aromatic carbocycles. The van der Waals surface area contributed by atoms with Crippen LogP contribution in [-0.2, 0) is 14.8 Å². The highest BCUT2D eigenvalue weighted by Gasteiger charge is 2.19. The molecule has 0 aliphatic rings. The van der Waals surface area contributed by atoms with E-state index in [-0.39, 0.29) is 16.6 Å². The number of hydrogen-bond donors (Lipinski definition) is 1. The molecule has 11 heteroatoms. The average molecular weight is 528 g/mol. The van der Waals surface area contributed by atoms with E-state index in [4.69, 9.17) is 11.6 Å². The summed E-state index contributed by atoms with van der Waals surface area (Å²) in [5.41, 5.74) is 2.08. The molecule has 0 unspecified atom stereocenters. The van der Waals surface area contributed by atoms with Crippen LogP contribution in [-0.4, -0.2) is 53.2 Å². The van der Waals surface area contributed by atoms with Gasteiger partial charge in [0, 0.05) is 36.1 Å². The highest BCUT2D eigenvalue weighted by atomic mass is 35.5. The summed E-state index contributed by atoms with van der Waals surface area (Å²) >= 11 is 7.26. The van der Waals surface area contributed by atoms with Crippen molar-refractivity contribution in [2.24, 2.45) is 0 Å². The van der Waals surface area contributed by atoms with Gasteiger partial charge in [-0.05, 0) is 54.6 Å². The monoisotopic (exact) mass is 527 g/mol. The number of hydrogen-bond acceptors (Lipinski definition) is 6. The molecule has 4 aromatic rings. The summed E-state index contributed by atoms with van der Waals surface area (Å²) in [6.07, 6.45) is 0. The van der Waals surface area contributed by atoms with Crippen LogP contribution < -0.4 is 5.32 Å². The molecule has 0 fully saturated rings. The molecular formula is C24H22ClN5O3S2. The molecule has 0 atom stereocenters. The maximum Gasteiger partial charge on any atom is 0.242 e. The lowest BCUT2D eigenvalue weighted by Gasteiger charge is -2.13. The van der Waals surface area contributed by atoms with Gasteiger partial charge in [-0.2, -0.15) is 0 Å². The van der Waals surface area contributed by atoms with Gasteiger partial charge < -0.3 is 5.32 Å². The Morgan fingerprint density at radius 1 is 1.00 bits per heavy atom. The third-order valence-corrected chi connectivity index (χ3v) is 7.97. The van der Waals surface area contributed by atoms with Gasteiger partial charge in [-0.25, -0.2) is 12.7 Å². The van der Waals surface area contributed by atoms with Gasteiger partial charge >= 0.3 is 0 Å². The van der Waals surface area contributed by atoms with Gasteiger partial charge in [0.25, 0.3) is 0 Å². The first-order chi connectivity index (χ1) is 16.8. The standard InChI is InChI=1S/C24H22ClN5O3S2/c1-29(2)35(32,33)21-10-6-7-19(15-21)26-22(31)16-34-24-28-27-23(17-11-13-18(25)14-12-17)30(24)20-8-4-3-5-9-20/h3-15H,16H2,1-2H3,(H,26,31). The van der Waals surface area contributed by atoms with Gasteiger partial charge in [0.2, 0.25) is 15.9 Å². The van der Waals surface area contributed by atoms with Crippen molar-refractivity contribution in [3.8, 4) is 17.1 Å². The fourth-order valence-corrected chi connectivity index (χ4v) is 5.06. The molecule has 0 radical (unpaired) electrons. The molecule has 1 aromatic heterocycles. The molecule has 0 spiro atoms. The summed E-state index contributed by atoms with van der Waals surface area (Å²) in [5, 5.41) is 12.6. The van der Waals surface area contributed by atoms with E-state index in [0.29, 0.717) is 21.7 Å². The Bertz CT molecular complexity index is 1440. The van der Waals surface area contributed by atoms with Crippen molar-refractivity contribution >= 4 is 45.0 Å². The molecule has 0 bridgehead atoms. The number of carbonyl (C=O) groups is 1. The Morgan fingerprint density at radius 2 is 1.71 bits per heavy atom. The quantitative estimate of drug-likeness (QED) is 0.337. The molecule has 0 aliphatic carbocycles. The summed E-state index contributed by atoms with van der Waals surface area (Å²) in [4.78, 5) is 12.8. The number of aromatic nitrogens is 3. The number of nitrogens with zero attached hydrogens (tertiary/aromatic N) is 4. The number of para-hydroxylation sites is 1. The number of thioether (sulfide) groups is 1. The first-order valence-corrected chi connectivity index (χ1v) is 13.3. The second-order valence-corrected chi connectivity index (χ2v) is 11.2. The van der Waals surface area contributed by atoms with Crippen LogP contribution in [0.25, 0.3) is 17.1 Å². The lowest BCUT2D eigenvalue weighted by atomic mass is 10.2. The molecule has 0 saturated carbocycles. The first-order valence-electron chi connectivity index (χ1n) is 10.5. The molecule has 8 nitrogen and oxygen atoms in total. The third kappa shape index (κ3) is 5.73. The zero-order chi connectivity index (χ0) is 25.0. The predicted octanol–water partition coefficient (Wildman–Crippen LogP) is 4.57. The van der Waals surface area contributed by atoms with E-state index >= 15 is 0 Å². The van der Waals surface area contributed by atoms with Crippen LogP contribution in [0.3, 0.4) is 0 Å². The topological polar surface area (TPSA) is 97.2 Å². The molecule has 35 heavy (non-hydrogen) atoms. The SMILES string of the molecule is CN(C)S(=O)(=O)c1cccc(NC(=O)CSc2nnc(-c3ccc(Cl)cc3)n2-c2ccccc2)c1. The predicted molar refractivity (Wildman–Crippen MR) is 138 cm³/mol. The van der Waals surface area contributed by atoms with Crippen molar-refractivity contribution in [1.29, 1.82) is 0 Å². The van der Waals surface area contributed by atoms with E-state index in [1.54, 1.807) is 24.3 Å². The van der Waals surface area contributed by atoms with Gasteiger partial charge in [0.05, 0.1) is 10.6 Å². The second-order valence-electron chi connectivity index (χ2n) is 7.64. The Labute approximate surface area is 213 Å². The number of benzene rings is 3. The third-order valence-electron chi connectivity index (χ3n) is 4.98. The molecule has 1 heterocycles. The number of anilines is 1. The molecule has 1 amide bonds. The number of carbonyl (C=O) groups excluding carboxylic acids is 1. The largest absolute Gasteiger partial charge is 0.325 e. The minimum Gasteiger partial charge on any atom is -0.325 e. The lowest BCUT2D eigenvalue weighted by Crippen LogP contribution is -2.22. The minimum atomic E-state index is -3.61. The first kappa shape index (κ1) is 24.9. The van der Waals surface area contributed by atoms with Crippen LogP contribution in [0.4, 0.5) is 5.69 Å². The number of halogens is 1. The van der Waals surface area contributed by atoms with Gasteiger partial charge in [0.1, 0.15) is 0 Å². The summed E-state index contributed by atoms with van der Waals surface area (Å²) in [6.45, 7) is 0. The Kier molecular flexibility index (Phi) is 7.56. The van der Waals surface area contributed by atoms with E-state index in [1.165, 1.54) is 38.0 Å². The minimum absolute atomic E-state index is 0.0518. The highest BCUT2D eigenvalue weighted by molar-refractivity contribution is 7.99. The summed E-state index contributed by atoms with van der Waals surface area (Å²) in [7, 11) is -0.693. The Hall–Kier alpha value is -3.18. The van der Waals surface area contributed by atoms with E-state index < -0.39 is 10.0 Å². The number of nitrogens with one attached hydrogen (secondary N) is 1. The molecule has 180 valence electrons. The zero-order valence-corrected chi connectivity index (χ0v) is 21.3. The van der Waals surface area contributed by atoms with Crippen LogP contribution in [0.5, 0.6) is 0 Å². The smallest absolute Gasteiger partial charge is 0.242 e. The van der Waals surface area contributed by atoms with Gasteiger partial charge in [-0.3, -0.25) is 9.36 Å². The normalized spacial score (nSPS) is 11.5. The lowest BCUT2D eigenvalue weighted by molar-refractivity contribution is -0.113. The van der Waals surface area contributed by atoms with Crippen LogP contribution in [0, 0.1) is 0 Å². The van der Waals surface area contributed by atoms with Crippen molar-refractivity contribution < 1.29 is 13.2 Å². The van der Waals surface area contributed by atoms with E-state index in [2.05, 4.69) is 15.5 Å². The van der Waals surface area contributed by atoms with E-state index in [0.717, 1.165) is 15.6 Å². The van der Waals surface area contributed by atoms with Crippen molar-refractivity contribution in [2.75, 3.05) is 25.2 Å². The van der Waals surface area contributed by atoms with Gasteiger partial charge in [-0.15, -0.1) is 10.2 Å². The molecule has 1 N–H and O–H groups in total. The summed E-state index contributed by atoms with van der Waals surface area (Å²) in [5.74, 6) is 0.374. The fraction of sp³-hybridized carbons (Fsp3) is 0.125. The molecular weight excluding hydrogens is 506 g/mol. The maximum atomic E-state index is 12.7. The summed E-state index contributed by atoms with van der Waals surface area (Å²) < 4.78 is 27.8. The van der Waals surface area contributed by atoms with Crippen LogP contribution >= 0.6 is 23.4 Å². The second kappa shape index (κ2) is 10.6. The molecule has 0 aliphatic heterocycles. The Balaban J connectivity index is 1.54. The average Bonchev–Trinajstić information content (AvgIpc) is 3.28. The van der Waals surface area contributed by atoms with Gasteiger partial charge in [-0.1, -0.05) is 47.6 Å². The van der Waals surface area contributed by atoms with Crippen molar-refractivity contribution in [3.05, 3.63) is 83.9 Å². The van der Waals surface area contributed by atoms with Crippen LogP contribution in [0.2, 0.25) is 5.02 Å². The van der Waals surface area contributed by atoms with Crippen molar-refractivity contribution in [1.82, 2.24) is 19.1 Å². The molecule has 4 rings (SSSR count).